The summed E-state index contributed by atoms with van der Waals surface area (Å²) in [5.41, 5.74) is 0.686. The second kappa shape index (κ2) is 8.42. The van der Waals surface area contributed by atoms with Crippen LogP contribution in [0.15, 0.2) is 65.6 Å². The summed E-state index contributed by atoms with van der Waals surface area (Å²) < 4.78 is 46.6. The van der Waals surface area contributed by atoms with Gasteiger partial charge in [0.05, 0.1) is 23.4 Å². The second-order valence-electron chi connectivity index (χ2n) is 6.40. The Kier molecular flexibility index (Phi) is 5.93. The first kappa shape index (κ1) is 21.1. The molecule has 0 fully saturated rings. The van der Waals surface area contributed by atoms with Gasteiger partial charge in [0, 0.05) is 5.56 Å². The van der Waals surface area contributed by atoms with Crippen LogP contribution in [-0.2, 0) is 10.0 Å². The van der Waals surface area contributed by atoms with E-state index in [-0.39, 0.29) is 27.6 Å². The predicted octanol–water partition coefficient (Wildman–Crippen LogP) is 3.90. The van der Waals surface area contributed by atoms with Crippen LogP contribution in [0.1, 0.15) is 15.9 Å². The van der Waals surface area contributed by atoms with E-state index in [9.17, 15) is 22.7 Å². The van der Waals surface area contributed by atoms with Crippen LogP contribution in [0.5, 0.6) is 11.5 Å². The zero-order valence-corrected chi connectivity index (χ0v) is 17.0. The number of phenols is 1. The van der Waals surface area contributed by atoms with Crippen LogP contribution in [0.25, 0.3) is 0 Å². The van der Waals surface area contributed by atoms with Crippen molar-refractivity contribution >= 4 is 27.3 Å². The number of hydrogen-bond donors (Lipinski definition) is 3. The van der Waals surface area contributed by atoms with Crippen LogP contribution < -0.4 is 14.8 Å². The summed E-state index contributed by atoms with van der Waals surface area (Å²) in [6.07, 6.45) is 0. The second-order valence-corrected chi connectivity index (χ2v) is 8.08. The van der Waals surface area contributed by atoms with Crippen molar-refractivity contribution in [2.75, 3.05) is 17.1 Å². The average Bonchev–Trinajstić information content (AvgIpc) is 2.71. The molecule has 30 heavy (non-hydrogen) atoms. The largest absolute Gasteiger partial charge is 0.506 e. The quantitative estimate of drug-likeness (QED) is 0.515. The third kappa shape index (κ3) is 4.52. The van der Waals surface area contributed by atoms with Gasteiger partial charge in [0.1, 0.15) is 17.3 Å². The fourth-order valence-electron chi connectivity index (χ4n) is 2.74. The molecule has 0 spiro atoms. The lowest BCUT2D eigenvalue weighted by Crippen LogP contribution is -2.16. The lowest BCUT2D eigenvalue weighted by Gasteiger charge is -2.14. The molecule has 156 valence electrons. The van der Waals surface area contributed by atoms with Crippen LogP contribution in [0, 0.1) is 12.7 Å². The molecule has 0 heterocycles. The molecule has 7 nitrogen and oxygen atoms in total. The Labute approximate surface area is 173 Å². The molecular weight excluding hydrogens is 411 g/mol. The van der Waals surface area contributed by atoms with E-state index in [1.165, 1.54) is 31.4 Å². The Hall–Kier alpha value is -3.59. The number of carbonyl (C=O) groups is 1. The van der Waals surface area contributed by atoms with Gasteiger partial charge < -0.3 is 15.2 Å². The van der Waals surface area contributed by atoms with Crippen molar-refractivity contribution in [2.24, 2.45) is 0 Å². The number of anilines is 2. The monoisotopic (exact) mass is 430 g/mol. The minimum Gasteiger partial charge on any atom is -0.506 e. The minimum absolute atomic E-state index is 0.0646. The number of methoxy groups -OCH3 is 1. The van der Waals surface area contributed by atoms with Crippen molar-refractivity contribution in [1.29, 1.82) is 0 Å². The van der Waals surface area contributed by atoms with Gasteiger partial charge in [-0.05, 0) is 55.0 Å². The molecule has 1 amide bonds. The smallest absolute Gasteiger partial charge is 0.262 e. The Morgan fingerprint density at radius 2 is 1.77 bits per heavy atom. The number of ether oxygens (including phenoxy) is 1. The van der Waals surface area contributed by atoms with E-state index >= 15 is 0 Å². The van der Waals surface area contributed by atoms with Crippen LogP contribution in [-0.4, -0.2) is 26.5 Å². The number of rotatable bonds is 6. The number of amides is 1. The topological polar surface area (TPSA) is 105 Å². The molecule has 9 heteroatoms. The molecule has 0 aliphatic rings. The maximum atomic E-state index is 13.5. The number of phenolic OH excluding ortho intramolecular Hbond substituents is 1. The van der Waals surface area contributed by atoms with Gasteiger partial charge in [-0.15, -0.1) is 0 Å². The number of carbonyl (C=O) groups excluding carboxylic acids is 1. The molecule has 0 saturated heterocycles. The van der Waals surface area contributed by atoms with Gasteiger partial charge in [0.25, 0.3) is 15.9 Å². The summed E-state index contributed by atoms with van der Waals surface area (Å²) in [6, 6.07) is 13.6. The number of hydrogen-bond acceptors (Lipinski definition) is 5. The standard InChI is InChI=1S/C21H19FN2O5S/c1-13-7-8-14(22)11-16(13)21(26)23-18-12-15(9-10-19(18)25)30(27,28)24-17-5-3-4-6-20(17)29-2/h3-12,24-25H,1-2H3,(H,23,26). The highest BCUT2D eigenvalue weighted by Crippen LogP contribution is 2.30. The Balaban J connectivity index is 1.91. The van der Waals surface area contributed by atoms with Gasteiger partial charge in [-0.1, -0.05) is 18.2 Å². The molecule has 0 radical (unpaired) electrons. The Bertz CT molecular complexity index is 1210. The molecule has 0 aliphatic carbocycles. The fraction of sp³-hybridized carbons (Fsp3) is 0.0952. The van der Waals surface area contributed by atoms with E-state index in [1.54, 1.807) is 25.1 Å². The molecule has 0 bridgehead atoms. The van der Waals surface area contributed by atoms with E-state index in [4.69, 9.17) is 4.74 Å². The molecule has 3 aromatic rings. The van der Waals surface area contributed by atoms with E-state index < -0.39 is 21.7 Å². The van der Waals surface area contributed by atoms with Gasteiger partial charge in [0.15, 0.2) is 0 Å². The molecule has 0 aliphatic heterocycles. The first-order valence-electron chi connectivity index (χ1n) is 8.77. The summed E-state index contributed by atoms with van der Waals surface area (Å²) in [6.45, 7) is 1.63. The maximum absolute atomic E-state index is 13.5. The van der Waals surface area contributed by atoms with E-state index in [0.717, 1.165) is 18.2 Å². The highest BCUT2D eigenvalue weighted by atomic mass is 32.2. The normalized spacial score (nSPS) is 11.0. The van der Waals surface area contributed by atoms with Crippen molar-refractivity contribution in [3.05, 3.63) is 77.6 Å². The first-order chi connectivity index (χ1) is 14.2. The van der Waals surface area contributed by atoms with Gasteiger partial charge in [0.2, 0.25) is 0 Å². The van der Waals surface area contributed by atoms with E-state index in [0.29, 0.717) is 11.3 Å². The Morgan fingerprint density at radius 3 is 2.50 bits per heavy atom. The fourth-order valence-corrected chi connectivity index (χ4v) is 3.84. The summed E-state index contributed by atoms with van der Waals surface area (Å²) in [5.74, 6) is -1.29. The SMILES string of the molecule is COc1ccccc1NS(=O)(=O)c1ccc(O)c(NC(=O)c2cc(F)ccc2C)c1. The maximum Gasteiger partial charge on any atom is 0.262 e. The number of aromatic hydroxyl groups is 1. The number of halogens is 1. The lowest BCUT2D eigenvalue weighted by atomic mass is 10.1. The molecule has 3 N–H and O–H groups in total. The predicted molar refractivity (Wildman–Crippen MR) is 111 cm³/mol. The van der Waals surface area contributed by atoms with Crippen LogP contribution in [0.3, 0.4) is 0 Å². The van der Waals surface area contributed by atoms with Crippen molar-refractivity contribution in [3.8, 4) is 11.5 Å². The van der Waals surface area contributed by atoms with Crippen molar-refractivity contribution in [1.82, 2.24) is 0 Å². The van der Waals surface area contributed by atoms with Gasteiger partial charge in [-0.25, -0.2) is 12.8 Å². The molecule has 0 unspecified atom stereocenters. The zero-order chi connectivity index (χ0) is 21.9. The van der Waals surface area contributed by atoms with Gasteiger partial charge >= 0.3 is 0 Å². The van der Waals surface area contributed by atoms with E-state index in [1.807, 2.05) is 0 Å². The van der Waals surface area contributed by atoms with Crippen molar-refractivity contribution < 1.29 is 27.4 Å². The number of benzene rings is 3. The summed E-state index contributed by atoms with van der Waals surface area (Å²) in [4.78, 5) is 12.3. The highest BCUT2D eigenvalue weighted by molar-refractivity contribution is 7.92. The first-order valence-corrected chi connectivity index (χ1v) is 10.3. The number of aryl methyl sites for hydroxylation is 1. The summed E-state index contributed by atoms with van der Waals surface area (Å²) in [5, 5.41) is 12.5. The van der Waals surface area contributed by atoms with Gasteiger partial charge in [-0.3, -0.25) is 9.52 Å². The molecule has 3 aromatic carbocycles. The van der Waals surface area contributed by atoms with Crippen LogP contribution in [0.4, 0.5) is 15.8 Å². The average molecular weight is 430 g/mol. The summed E-state index contributed by atoms with van der Waals surface area (Å²) >= 11 is 0. The van der Waals surface area contributed by atoms with Crippen LogP contribution in [0.2, 0.25) is 0 Å². The number of nitrogens with one attached hydrogen (secondary N) is 2. The molecule has 0 saturated carbocycles. The Morgan fingerprint density at radius 1 is 1.03 bits per heavy atom. The lowest BCUT2D eigenvalue weighted by molar-refractivity contribution is 0.102. The highest BCUT2D eigenvalue weighted by Gasteiger charge is 2.20. The van der Waals surface area contributed by atoms with Crippen LogP contribution >= 0.6 is 0 Å². The van der Waals surface area contributed by atoms with Crippen molar-refractivity contribution in [3.63, 3.8) is 0 Å². The molecule has 0 atom stereocenters. The molecule has 0 aromatic heterocycles. The van der Waals surface area contributed by atoms with Crippen molar-refractivity contribution in [2.45, 2.75) is 11.8 Å². The third-order valence-electron chi connectivity index (χ3n) is 4.32. The number of sulfonamides is 1. The number of para-hydroxylation sites is 2. The zero-order valence-electron chi connectivity index (χ0n) is 16.1. The molecular formula is C21H19FN2O5S. The molecule has 3 rings (SSSR count). The minimum atomic E-state index is -4.05. The van der Waals surface area contributed by atoms with E-state index in [2.05, 4.69) is 10.0 Å². The summed E-state index contributed by atoms with van der Waals surface area (Å²) in [7, 11) is -2.64. The van der Waals surface area contributed by atoms with Gasteiger partial charge in [-0.2, -0.15) is 0 Å². The third-order valence-corrected chi connectivity index (χ3v) is 5.69.